The fourth-order valence-electron chi connectivity index (χ4n) is 2.45. The van der Waals surface area contributed by atoms with Crippen LogP contribution in [0.5, 0.6) is 5.75 Å². The highest BCUT2D eigenvalue weighted by Gasteiger charge is 2.09. The van der Waals surface area contributed by atoms with E-state index in [1.54, 1.807) is 30.7 Å². The zero-order valence-corrected chi connectivity index (χ0v) is 13.9. The van der Waals surface area contributed by atoms with Gasteiger partial charge in [0, 0.05) is 18.1 Å². The summed E-state index contributed by atoms with van der Waals surface area (Å²) in [5.74, 6) is 1.16. The van der Waals surface area contributed by atoms with Crippen LogP contribution in [0.4, 0.5) is 0 Å². The van der Waals surface area contributed by atoms with Crippen molar-refractivity contribution in [3.8, 4) is 11.4 Å². The van der Waals surface area contributed by atoms with Gasteiger partial charge in [-0.2, -0.15) is 0 Å². The number of nitrogens with one attached hydrogen (secondary N) is 1. The molecule has 0 aliphatic carbocycles. The number of H-pyrrole nitrogens is 1. The number of halogens is 2. The Kier molecular flexibility index (Phi) is 3.88. The molecule has 2 heterocycles. The van der Waals surface area contributed by atoms with Gasteiger partial charge in [0.2, 0.25) is 0 Å². The summed E-state index contributed by atoms with van der Waals surface area (Å²) in [6, 6.07) is 11.2. The molecule has 0 bridgehead atoms. The molecular weight excluding hydrogens is 347 g/mol. The van der Waals surface area contributed by atoms with Gasteiger partial charge in [0.1, 0.15) is 12.4 Å². The maximum Gasteiger partial charge on any atom is 0.157 e. The number of fused-ring (bicyclic) bond motifs is 1. The Morgan fingerprint density at radius 1 is 1.12 bits per heavy atom. The van der Waals surface area contributed by atoms with E-state index in [0.717, 1.165) is 16.7 Å². The average Bonchev–Trinajstić information content (AvgIpc) is 3.23. The largest absolute Gasteiger partial charge is 0.483 e. The van der Waals surface area contributed by atoms with Crippen molar-refractivity contribution in [2.24, 2.45) is 0 Å². The second kappa shape index (κ2) is 6.19. The minimum absolute atomic E-state index is 0.249. The lowest BCUT2D eigenvalue weighted by Gasteiger charge is -2.07. The van der Waals surface area contributed by atoms with Gasteiger partial charge < -0.3 is 14.3 Å². The topological polar surface area (TPSA) is 55.7 Å². The number of hydrogen-bond donors (Lipinski definition) is 1. The molecule has 2 aromatic carbocycles. The normalized spacial score (nSPS) is 11.1. The monoisotopic (exact) mass is 358 g/mol. The summed E-state index contributed by atoms with van der Waals surface area (Å²) < 4.78 is 7.64. The van der Waals surface area contributed by atoms with Crippen molar-refractivity contribution in [3.63, 3.8) is 0 Å². The van der Waals surface area contributed by atoms with Gasteiger partial charge in [-0.3, -0.25) is 0 Å². The first-order chi connectivity index (χ1) is 11.7. The molecule has 0 spiro atoms. The van der Waals surface area contributed by atoms with E-state index in [1.807, 2.05) is 29.0 Å². The number of ether oxygens (including phenoxy) is 1. The third-order valence-corrected chi connectivity index (χ3v) is 4.18. The van der Waals surface area contributed by atoms with Crippen LogP contribution >= 0.6 is 23.2 Å². The number of benzene rings is 2. The summed E-state index contributed by atoms with van der Waals surface area (Å²) in [5.41, 5.74) is 2.79. The van der Waals surface area contributed by atoms with E-state index >= 15 is 0 Å². The van der Waals surface area contributed by atoms with Crippen LogP contribution in [0.25, 0.3) is 16.7 Å². The summed E-state index contributed by atoms with van der Waals surface area (Å²) in [6.45, 7) is 0.249. The predicted octanol–water partition coefficient (Wildman–Crippen LogP) is 4.63. The Morgan fingerprint density at radius 2 is 1.96 bits per heavy atom. The molecular formula is C17H12Cl2N4O. The van der Waals surface area contributed by atoms with Crippen LogP contribution in [-0.4, -0.2) is 19.5 Å². The number of nitrogens with zero attached hydrogens (tertiary/aromatic N) is 3. The first kappa shape index (κ1) is 15.1. The molecule has 4 rings (SSSR count). The first-order valence-electron chi connectivity index (χ1n) is 7.24. The number of imidazole rings is 2. The molecule has 24 heavy (non-hydrogen) atoms. The molecule has 0 aliphatic rings. The Bertz CT molecular complexity index is 975. The molecule has 0 saturated heterocycles. The summed E-state index contributed by atoms with van der Waals surface area (Å²) in [7, 11) is 0. The van der Waals surface area contributed by atoms with Crippen LogP contribution in [0.1, 0.15) is 5.82 Å². The van der Waals surface area contributed by atoms with Crippen LogP contribution in [0.3, 0.4) is 0 Å². The van der Waals surface area contributed by atoms with Gasteiger partial charge in [-0.25, -0.2) is 9.97 Å². The standard InChI is InChI=1S/C17H12Cl2N4O/c18-12-2-1-3-13(19)17(12)24-9-16-21-14-5-4-11(8-15(14)22-16)23-7-6-20-10-23/h1-8,10H,9H2,(H,21,22). The smallest absolute Gasteiger partial charge is 0.157 e. The van der Waals surface area contributed by atoms with Crippen molar-refractivity contribution in [2.45, 2.75) is 6.61 Å². The van der Waals surface area contributed by atoms with E-state index in [2.05, 4.69) is 15.0 Å². The fraction of sp³-hybridized carbons (Fsp3) is 0.0588. The van der Waals surface area contributed by atoms with Crippen molar-refractivity contribution < 1.29 is 4.74 Å². The number of aromatic nitrogens is 4. The highest BCUT2D eigenvalue weighted by atomic mass is 35.5. The van der Waals surface area contributed by atoms with Crippen LogP contribution in [0.2, 0.25) is 10.0 Å². The SMILES string of the molecule is Clc1cccc(Cl)c1OCc1nc2ccc(-n3ccnc3)cc2[nH]1. The lowest BCUT2D eigenvalue weighted by Crippen LogP contribution is -1.98. The first-order valence-corrected chi connectivity index (χ1v) is 8.00. The van der Waals surface area contributed by atoms with Crippen molar-refractivity contribution in [1.29, 1.82) is 0 Å². The molecule has 4 aromatic rings. The number of para-hydroxylation sites is 1. The molecule has 0 amide bonds. The van der Waals surface area contributed by atoms with Gasteiger partial charge in [-0.05, 0) is 30.3 Å². The second-order valence-electron chi connectivity index (χ2n) is 5.19. The van der Waals surface area contributed by atoms with E-state index in [-0.39, 0.29) is 6.61 Å². The maximum atomic E-state index is 6.10. The minimum Gasteiger partial charge on any atom is -0.483 e. The zero-order chi connectivity index (χ0) is 16.5. The van der Waals surface area contributed by atoms with Gasteiger partial charge in [-0.15, -0.1) is 0 Å². The summed E-state index contributed by atoms with van der Waals surface area (Å²) in [6.07, 6.45) is 5.38. The number of rotatable bonds is 4. The molecule has 7 heteroatoms. The Morgan fingerprint density at radius 3 is 2.71 bits per heavy atom. The quantitative estimate of drug-likeness (QED) is 0.578. The third-order valence-electron chi connectivity index (χ3n) is 3.59. The van der Waals surface area contributed by atoms with Crippen LogP contribution in [-0.2, 0) is 6.61 Å². The molecule has 0 saturated carbocycles. The summed E-state index contributed by atoms with van der Waals surface area (Å²) in [4.78, 5) is 11.8. The predicted molar refractivity (Wildman–Crippen MR) is 94.0 cm³/mol. The molecule has 1 N–H and O–H groups in total. The Hall–Kier alpha value is -2.50. The Balaban J connectivity index is 1.59. The van der Waals surface area contributed by atoms with Crippen LogP contribution in [0.15, 0.2) is 55.1 Å². The van der Waals surface area contributed by atoms with Gasteiger partial charge in [-0.1, -0.05) is 29.3 Å². The van der Waals surface area contributed by atoms with Crippen molar-refractivity contribution in [1.82, 2.24) is 19.5 Å². The van der Waals surface area contributed by atoms with Crippen molar-refractivity contribution in [2.75, 3.05) is 0 Å². The summed E-state index contributed by atoms with van der Waals surface area (Å²) >= 11 is 12.2. The van der Waals surface area contributed by atoms with Crippen molar-refractivity contribution in [3.05, 3.63) is 71.0 Å². The highest BCUT2D eigenvalue weighted by Crippen LogP contribution is 2.32. The zero-order valence-electron chi connectivity index (χ0n) is 12.4. The average molecular weight is 359 g/mol. The Labute approximate surface area is 147 Å². The number of aromatic amines is 1. The van der Waals surface area contributed by atoms with E-state index in [4.69, 9.17) is 27.9 Å². The molecule has 0 fully saturated rings. The third kappa shape index (κ3) is 2.84. The van der Waals surface area contributed by atoms with E-state index in [9.17, 15) is 0 Å². The molecule has 120 valence electrons. The molecule has 0 radical (unpaired) electrons. The van der Waals surface area contributed by atoms with E-state index < -0.39 is 0 Å². The molecule has 0 unspecified atom stereocenters. The van der Waals surface area contributed by atoms with Gasteiger partial charge in [0.25, 0.3) is 0 Å². The molecule has 0 atom stereocenters. The van der Waals surface area contributed by atoms with Crippen LogP contribution in [0, 0.1) is 0 Å². The van der Waals surface area contributed by atoms with E-state index in [1.165, 1.54) is 0 Å². The lowest BCUT2D eigenvalue weighted by molar-refractivity contribution is 0.298. The lowest BCUT2D eigenvalue weighted by atomic mass is 10.3. The molecule has 0 aliphatic heterocycles. The second-order valence-corrected chi connectivity index (χ2v) is 6.01. The van der Waals surface area contributed by atoms with Crippen LogP contribution < -0.4 is 4.74 Å². The van der Waals surface area contributed by atoms with Gasteiger partial charge in [0.05, 0.1) is 27.4 Å². The van der Waals surface area contributed by atoms with E-state index in [0.29, 0.717) is 21.6 Å². The van der Waals surface area contributed by atoms with Crippen molar-refractivity contribution >= 4 is 34.2 Å². The molecule has 2 aromatic heterocycles. The summed E-state index contributed by atoms with van der Waals surface area (Å²) in [5, 5.41) is 0.946. The highest BCUT2D eigenvalue weighted by molar-refractivity contribution is 6.37. The number of hydrogen-bond acceptors (Lipinski definition) is 3. The van der Waals surface area contributed by atoms with Gasteiger partial charge in [0.15, 0.2) is 5.75 Å². The van der Waals surface area contributed by atoms with Gasteiger partial charge >= 0.3 is 0 Å². The minimum atomic E-state index is 0.249. The maximum absolute atomic E-state index is 6.10. The molecule has 5 nitrogen and oxygen atoms in total. The fourth-order valence-corrected chi connectivity index (χ4v) is 2.96.